The van der Waals surface area contributed by atoms with E-state index in [1.165, 1.54) is 12.1 Å². The summed E-state index contributed by atoms with van der Waals surface area (Å²) in [6.45, 7) is 3.69. The lowest BCUT2D eigenvalue weighted by Crippen LogP contribution is -2.36. The fourth-order valence-electron chi connectivity index (χ4n) is 3.79. The summed E-state index contributed by atoms with van der Waals surface area (Å²) in [4.78, 5) is 49.7. The number of carbonyl (C=O) groups is 3. The van der Waals surface area contributed by atoms with E-state index in [0.717, 1.165) is 27.8 Å². The third-order valence-corrected chi connectivity index (χ3v) is 7.75. The van der Waals surface area contributed by atoms with Crippen LogP contribution in [0.1, 0.15) is 23.6 Å². The summed E-state index contributed by atoms with van der Waals surface area (Å²) < 4.78 is 12.5. The Hall–Kier alpha value is -3.62. The molecule has 3 amide bonds. The third kappa shape index (κ3) is 7.57. The molecular weight excluding hydrogens is 685 g/mol. The number of thioether (sulfide) groups is 1. The molecule has 4 rings (SSSR count). The number of aryl methyl sites for hydroxylation is 1. The Balaban J connectivity index is 1.48. The third-order valence-electron chi connectivity index (χ3n) is 5.81. The van der Waals surface area contributed by atoms with Crippen LogP contribution in [0, 0.1) is 20.6 Å². The molecule has 3 aromatic rings. The van der Waals surface area contributed by atoms with Crippen molar-refractivity contribution in [1.29, 1.82) is 0 Å². The second-order valence-electron chi connectivity index (χ2n) is 8.75. The van der Waals surface area contributed by atoms with Crippen molar-refractivity contribution in [3.63, 3.8) is 0 Å². The predicted molar refractivity (Wildman–Crippen MR) is 165 cm³/mol. The van der Waals surface area contributed by atoms with Crippen LogP contribution in [0.4, 0.5) is 16.2 Å². The van der Waals surface area contributed by atoms with E-state index in [1.807, 2.05) is 6.92 Å². The fourth-order valence-corrected chi connectivity index (χ4v) is 5.59. The Bertz CT molecular complexity index is 1560. The molecule has 13 heteroatoms. The van der Waals surface area contributed by atoms with Crippen molar-refractivity contribution < 1.29 is 28.8 Å². The van der Waals surface area contributed by atoms with Gasteiger partial charge in [0.1, 0.15) is 13.2 Å². The first-order valence-electron chi connectivity index (χ1n) is 12.2. The van der Waals surface area contributed by atoms with Gasteiger partial charge >= 0.3 is 0 Å². The molecule has 212 valence electrons. The van der Waals surface area contributed by atoms with E-state index in [0.29, 0.717) is 37.9 Å². The molecule has 1 heterocycles. The second kappa shape index (κ2) is 13.4. The topological polar surface area (TPSA) is 128 Å². The number of anilines is 1. The van der Waals surface area contributed by atoms with E-state index in [9.17, 15) is 24.5 Å². The summed E-state index contributed by atoms with van der Waals surface area (Å²) >= 11 is 8.84. The van der Waals surface area contributed by atoms with E-state index in [1.54, 1.807) is 55.5 Å². The molecule has 0 saturated carbocycles. The lowest BCUT2D eigenvalue weighted by Gasteiger charge is -2.15. The van der Waals surface area contributed by atoms with Gasteiger partial charge in [0.25, 0.3) is 16.8 Å². The number of nitrogens with one attached hydrogen (secondary N) is 1. The SMILES string of the molecule is CCOc1cc(/C=C2/SC(=O)N(CC(=O)Nc3cc(Cl)ccc3C)C2=O)cc(I)c1OCc1ccc([N+](=O)[O-])cc1. The summed E-state index contributed by atoms with van der Waals surface area (Å²) in [7, 11) is 0. The van der Waals surface area contributed by atoms with Crippen molar-refractivity contribution in [1.82, 2.24) is 4.90 Å². The number of carbonyl (C=O) groups excluding carboxylic acids is 3. The van der Waals surface area contributed by atoms with Gasteiger partial charge in [-0.25, -0.2) is 0 Å². The molecule has 1 saturated heterocycles. The van der Waals surface area contributed by atoms with Crippen LogP contribution >= 0.6 is 46.0 Å². The Morgan fingerprint density at radius 2 is 1.88 bits per heavy atom. The van der Waals surface area contributed by atoms with Gasteiger partial charge in [0.15, 0.2) is 11.5 Å². The van der Waals surface area contributed by atoms with Gasteiger partial charge < -0.3 is 14.8 Å². The van der Waals surface area contributed by atoms with Crippen molar-refractivity contribution in [3.05, 3.63) is 94.9 Å². The maximum absolute atomic E-state index is 13.0. The van der Waals surface area contributed by atoms with Crippen LogP contribution in [0.3, 0.4) is 0 Å². The van der Waals surface area contributed by atoms with Crippen LogP contribution < -0.4 is 14.8 Å². The average Bonchev–Trinajstić information content (AvgIpc) is 3.17. The normalized spacial score (nSPS) is 14.0. The van der Waals surface area contributed by atoms with E-state index in [4.69, 9.17) is 21.1 Å². The van der Waals surface area contributed by atoms with Crippen LogP contribution in [0.5, 0.6) is 11.5 Å². The number of non-ortho nitro benzene ring substituents is 1. The number of imide groups is 1. The van der Waals surface area contributed by atoms with Crippen molar-refractivity contribution >= 4 is 80.5 Å². The van der Waals surface area contributed by atoms with E-state index < -0.39 is 28.5 Å². The highest BCUT2D eigenvalue weighted by molar-refractivity contribution is 14.1. The molecule has 0 radical (unpaired) electrons. The molecule has 1 aliphatic rings. The number of hydrogen-bond acceptors (Lipinski definition) is 8. The minimum atomic E-state index is -0.579. The fraction of sp³-hybridized carbons (Fsp3) is 0.179. The minimum Gasteiger partial charge on any atom is -0.490 e. The second-order valence-corrected chi connectivity index (χ2v) is 11.3. The van der Waals surface area contributed by atoms with Gasteiger partial charge in [0.05, 0.1) is 20.0 Å². The number of nitro benzene ring substituents is 1. The van der Waals surface area contributed by atoms with Crippen LogP contribution in [-0.2, 0) is 16.2 Å². The lowest BCUT2D eigenvalue weighted by atomic mass is 10.1. The van der Waals surface area contributed by atoms with Crippen LogP contribution in [0.15, 0.2) is 59.5 Å². The highest BCUT2D eigenvalue weighted by Gasteiger charge is 2.36. The van der Waals surface area contributed by atoms with Crippen LogP contribution in [0.25, 0.3) is 6.08 Å². The van der Waals surface area contributed by atoms with Gasteiger partial charge in [-0.3, -0.25) is 29.4 Å². The first-order chi connectivity index (χ1) is 19.5. The molecule has 0 bridgehead atoms. The number of halogens is 2. The summed E-state index contributed by atoms with van der Waals surface area (Å²) in [6, 6.07) is 14.6. The Morgan fingerprint density at radius 1 is 1.15 bits per heavy atom. The van der Waals surface area contributed by atoms with E-state index in [-0.39, 0.29) is 17.2 Å². The standard InChI is InChI=1S/C28H23ClIN3O7S/c1-3-39-23-11-18(10-21(30)26(23)40-15-17-5-8-20(9-6-17)33(37)38)12-24-27(35)32(28(36)41-24)14-25(34)31-22-13-19(29)7-4-16(22)2/h4-13H,3,14-15H2,1-2H3,(H,31,34)/b24-12+. The number of nitro groups is 1. The zero-order valence-electron chi connectivity index (χ0n) is 21.8. The Morgan fingerprint density at radius 3 is 2.56 bits per heavy atom. The molecule has 0 aromatic heterocycles. The summed E-state index contributed by atoms with van der Waals surface area (Å²) in [6.07, 6.45) is 1.56. The van der Waals surface area contributed by atoms with Crippen LogP contribution in [-0.4, -0.2) is 40.0 Å². The van der Waals surface area contributed by atoms with Gasteiger partial charge in [-0.05, 0) is 107 Å². The van der Waals surface area contributed by atoms with Gasteiger partial charge in [-0.2, -0.15) is 0 Å². The molecule has 0 unspecified atom stereocenters. The Kier molecular flexibility index (Phi) is 9.89. The van der Waals surface area contributed by atoms with Crippen LogP contribution in [0.2, 0.25) is 5.02 Å². The van der Waals surface area contributed by atoms with E-state index >= 15 is 0 Å². The molecule has 1 N–H and O–H groups in total. The van der Waals surface area contributed by atoms with Crippen molar-refractivity contribution in [3.8, 4) is 11.5 Å². The maximum Gasteiger partial charge on any atom is 0.294 e. The van der Waals surface area contributed by atoms with E-state index in [2.05, 4.69) is 27.9 Å². The molecule has 0 spiro atoms. The number of benzene rings is 3. The van der Waals surface area contributed by atoms with Gasteiger partial charge in [0, 0.05) is 22.8 Å². The zero-order chi connectivity index (χ0) is 29.7. The van der Waals surface area contributed by atoms with Gasteiger partial charge in [0.2, 0.25) is 5.91 Å². The number of amides is 3. The highest BCUT2D eigenvalue weighted by Crippen LogP contribution is 2.38. The number of rotatable bonds is 10. The quantitative estimate of drug-likeness (QED) is 0.105. The maximum atomic E-state index is 13.0. The zero-order valence-corrected chi connectivity index (χ0v) is 25.5. The molecular formula is C28H23ClIN3O7S. The summed E-state index contributed by atoms with van der Waals surface area (Å²) in [5.41, 5.74) is 2.62. The summed E-state index contributed by atoms with van der Waals surface area (Å²) in [5.74, 6) is -0.196. The van der Waals surface area contributed by atoms with Crippen molar-refractivity contribution in [2.45, 2.75) is 20.5 Å². The first-order valence-corrected chi connectivity index (χ1v) is 14.5. The highest BCUT2D eigenvalue weighted by atomic mass is 127. The molecule has 41 heavy (non-hydrogen) atoms. The number of ether oxygens (including phenoxy) is 2. The molecule has 10 nitrogen and oxygen atoms in total. The lowest BCUT2D eigenvalue weighted by molar-refractivity contribution is -0.384. The molecule has 1 aliphatic heterocycles. The van der Waals surface area contributed by atoms with Gasteiger partial charge in [-0.1, -0.05) is 17.7 Å². The molecule has 1 fully saturated rings. The van der Waals surface area contributed by atoms with Crippen molar-refractivity contribution in [2.24, 2.45) is 0 Å². The largest absolute Gasteiger partial charge is 0.490 e. The monoisotopic (exact) mass is 707 g/mol. The first kappa shape index (κ1) is 30.3. The smallest absolute Gasteiger partial charge is 0.294 e. The predicted octanol–water partition coefficient (Wildman–Crippen LogP) is 6.81. The summed E-state index contributed by atoms with van der Waals surface area (Å²) in [5, 5.41) is 13.5. The van der Waals surface area contributed by atoms with Crippen molar-refractivity contribution in [2.75, 3.05) is 18.5 Å². The molecule has 3 aromatic carbocycles. The number of nitrogens with zero attached hydrogens (tertiary/aromatic N) is 2. The van der Waals surface area contributed by atoms with Gasteiger partial charge in [-0.15, -0.1) is 0 Å². The number of hydrogen-bond donors (Lipinski definition) is 1. The average molecular weight is 708 g/mol. The molecule has 0 aliphatic carbocycles. The molecule has 0 atom stereocenters. The Labute approximate surface area is 258 Å². The minimum absolute atomic E-state index is 0.0102.